The van der Waals surface area contributed by atoms with Crippen molar-refractivity contribution >= 4 is 0 Å². The molecule has 0 aliphatic carbocycles. The lowest BCUT2D eigenvalue weighted by Gasteiger charge is -2.47. The van der Waals surface area contributed by atoms with Gasteiger partial charge in [-0.15, -0.1) is 0 Å². The molecule has 4 rings (SSSR count). The van der Waals surface area contributed by atoms with E-state index in [1.165, 1.54) is 30.6 Å². The predicted molar refractivity (Wildman–Crippen MR) is 86.5 cm³/mol. The number of nitrogens with zero attached hydrogens (tertiary/aromatic N) is 2. The quantitative estimate of drug-likeness (QED) is 0.867. The topological polar surface area (TPSA) is 25.4 Å². The molecule has 1 aromatic heterocycles. The van der Waals surface area contributed by atoms with Crippen LogP contribution in [0.1, 0.15) is 17.5 Å². The molecule has 0 N–H and O–H groups in total. The van der Waals surface area contributed by atoms with Gasteiger partial charge in [-0.1, -0.05) is 30.3 Å². The van der Waals surface area contributed by atoms with Crippen molar-refractivity contribution in [2.75, 3.05) is 19.7 Å². The minimum Gasteiger partial charge on any atom is -0.377 e. The van der Waals surface area contributed by atoms with Crippen molar-refractivity contribution in [3.05, 3.63) is 66.0 Å². The summed E-state index contributed by atoms with van der Waals surface area (Å²) in [4.78, 5) is 6.60. The molecule has 2 fully saturated rings. The average molecular weight is 294 g/mol. The third kappa shape index (κ3) is 2.92. The monoisotopic (exact) mass is 294 g/mol. The van der Waals surface area contributed by atoms with Gasteiger partial charge in [0.1, 0.15) is 0 Å². The van der Waals surface area contributed by atoms with Crippen molar-refractivity contribution in [2.45, 2.75) is 25.5 Å². The largest absolute Gasteiger partial charge is 0.377 e. The van der Waals surface area contributed by atoms with Crippen LogP contribution in [0, 0.1) is 5.41 Å². The van der Waals surface area contributed by atoms with Gasteiger partial charge in [0.25, 0.3) is 0 Å². The lowest BCUT2D eigenvalue weighted by Crippen LogP contribution is -2.56. The number of likely N-dealkylation sites (tertiary alicyclic amines) is 1. The van der Waals surface area contributed by atoms with Crippen molar-refractivity contribution in [1.82, 2.24) is 9.88 Å². The molecule has 0 unspecified atom stereocenters. The number of rotatable bonds is 4. The molecule has 2 aliphatic rings. The highest BCUT2D eigenvalue weighted by Crippen LogP contribution is 2.42. The van der Waals surface area contributed by atoms with Crippen molar-refractivity contribution in [3.63, 3.8) is 0 Å². The Balaban J connectivity index is 1.29. The summed E-state index contributed by atoms with van der Waals surface area (Å²) in [6.45, 7) is 4.30. The fraction of sp³-hybridized carbons (Fsp3) is 0.421. The average Bonchev–Trinajstić information content (AvgIpc) is 2.93. The predicted octanol–water partition coefficient (Wildman–Crippen LogP) is 2.92. The summed E-state index contributed by atoms with van der Waals surface area (Å²) in [6, 6.07) is 14.9. The first-order valence-electron chi connectivity index (χ1n) is 8.08. The van der Waals surface area contributed by atoms with Crippen LogP contribution in [-0.4, -0.2) is 35.7 Å². The molecule has 2 saturated heterocycles. The summed E-state index contributed by atoms with van der Waals surface area (Å²) < 4.78 is 6.08. The third-order valence-corrected chi connectivity index (χ3v) is 4.87. The van der Waals surface area contributed by atoms with E-state index in [4.69, 9.17) is 4.74 Å². The molecule has 22 heavy (non-hydrogen) atoms. The Morgan fingerprint density at radius 2 is 1.82 bits per heavy atom. The van der Waals surface area contributed by atoms with Crippen molar-refractivity contribution in [1.29, 1.82) is 0 Å². The van der Waals surface area contributed by atoms with Gasteiger partial charge in [-0.2, -0.15) is 0 Å². The van der Waals surface area contributed by atoms with E-state index >= 15 is 0 Å². The highest BCUT2D eigenvalue weighted by Gasteiger charge is 2.48. The maximum absolute atomic E-state index is 6.08. The molecule has 3 heterocycles. The van der Waals surface area contributed by atoms with Gasteiger partial charge < -0.3 is 4.74 Å². The molecule has 0 amide bonds. The summed E-state index contributed by atoms with van der Waals surface area (Å²) in [5, 5.41) is 0. The Morgan fingerprint density at radius 1 is 1.05 bits per heavy atom. The van der Waals surface area contributed by atoms with Gasteiger partial charge >= 0.3 is 0 Å². The normalized spacial score (nSPS) is 23.5. The Labute approximate surface area is 131 Å². The lowest BCUT2D eigenvalue weighted by atomic mass is 9.77. The minimum atomic E-state index is 0.394. The number of ether oxygens (including phenoxy) is 1. The summed E-state index contributed by atoms with van der Waals surface area (Å²) in [6.07, 6.45) is 6.39. The van der Waals surface area contributed by atoms with E-state index in [0.29, 0.717) is 11.5 Å². The molecule has 3 heteroatoms. The highest BCUT2D eigenvalue weighted by atomic mass is 16.5. The summed E-state index contributed by atoms with van der Waals surface area (Å²) in [7, 11) is 0. The zero-order valence-electron chi connectivity index (χ0n) is 12.8. The van der Waals surface area contributed by atoms with E-state index in [0.717, 1.165) is 19.6 Å². The fourth-order valence-corrected chi connectivity index (χ4v) is 3.88. The Bertz CT molecular complexity index is 608. The molecule has 0 saturated carbocycles. The molecule has 1 aromatic carbocycles. The SMILES string of the molecule is c1ccc(C[C@@H]2CC3(CO2)CN(Cc2ccncc2)C3)cc1. The second-order valence-corrected chi connectivity index (χ2v) is 6.83. The van der Waals surface area contributed by atoms with Crippen LogP contribution in [0.15, 0.2) is 54.9 Å². The minimum absolute atomic E-state index is 0.394. The number of hydrogen-bond acceptors (Lipinski definition) is 3. The van der Waals surface area contributed by atoms with Crippen LogP contribution < -0.4 is 0 Å². The molecule has 114 valence electrons. The van der Waals surface area contributed by atoms with E-state index in [1.807, 2.05) is 12.4 Å². The van der Waals surface area contributed by atoms with Crippen molar-refractivity contribution in [3.8, 4) is 0 Å². The van der Waals surface area contributed by atoms with Crippen LogP contribution >= 0.6 is 0 Å². The van der Waals surface area contributed by atoms with E-state index in [2.05, 4.69) is 52.3 Å². The molecule has 0 bridgehead atoms. The van der Waals surface area contributed by atoms with Crippen molar-refractivity contribution < 1.29 is 4.74 Å². The number of hydrogen-bond donors (Lipinski definition) is 0. The van der Waals surface area contributed by atoms with Gasteiger partial charge in [0, 0.05) is 37.4 Å². The van der Waals surface area contributed by atoms with Crippen LogP contribution in [0.4, 0.5) is 0 Å². The molecule has 3 nitrogen and oxygen atoms in total. The van der Waals surface area contributed by atoms with Crippen LogP contribution in [-0.2, 0) is 17.7 Å². The smallest absolute Gasteiger partial charge is 0.0622 e. The Hall–Kier alpha value is -1.71. The van der Waals surface area contributed by atoms with Crippen LogP contribution in [0.3, 0.4) is 0 Å². The van der Waals surface area contributed by atoms with E-state index in [1.54, 1.807) is 0 Å². The van der Waals surface area contributed by atoms with Crippen LogP contribution in [0.5, 0.6) is 0 Å². The number of pyridine rings is 1. The third-order valence-electron chi connectivity index (χ3n) is 4.87. The first-order chi connectivity index (χ1) is 10.8. The maximum Gasteiger partial charge on any atom is 0.0622 e. The number of benzene rings is 1. The van der Waals surface area contributed by atoms with Gasteiger partial charge in [0.05, 0.1) is 12.7 Å². The van der Waals surface area contributed by atoms with Gasteiger partial charge in [-0.05, 0) is 36.1 Å². The van der Waals surface area contributed by atoms with Gasteiger partial charge in [0.2, 0.25) is 0 Å². The molecule has 2 aromatic rings. The zero-order valence-corrected chi connectivity index (χ0v) is 12.8. The molecule has 2 aliphatic heterocycles. The first-order valence-corrected chi connectivity index (χ1v) is 8.08. The van der Waals surface area contributed by atoms with Crippen LogP contribution in [0.2, 0.25) is 0 Å². The summed E-state index contributed by atoms with van der Waals surface area (Å²) in [5.41, 5.74) is 3.15. The van der Waals surface area contributed by atoms with Crippen LogP contribution in [0.25, 0.3) is 0 Å². The standard InChI is InChI=1S/C19H22N2O/c1-2-4-16(5-3-1)10-18-11-19(15-22-18)13-21(14-19)12-17-6-8-20-9-7-17/h1-9,18H,10-15H2/t18-/m1/s1. The molecule has 0 radical (unpaired) electrons. The molecular weight excluding hydrogens is 272 g/mol. The van der Waals surface area contributed by atoms with E-state index < -0.39 is 0 Å². The molecular formula is C19H22N2O. The summed E-state index contributed by atoms with van der Waals surface area (Å²) in [5.74, 6) is 0. The second-order valence-electron chi connectivity index (χ2n) is 6.83. The van der Waals surface area contributed by atoms with Gasteiger partial charge in [-0.25, -0.2) is 0 Å². The first kappa shape index (κ1) is 13.9. The molecule has 1 atom stereocenters. The van der Waals surface area contributed by atoms with Gasteiger partial charge in [-0.3, -0.25) is 9.88 Å². The lowest BCUT2D eigenvalue weighted by molar-refractivity contribution is -0.0140. The number of aromatic nitrogens is 1. The highest BCUT2D eigenvalue weighted by molar-refractivity contribution is 5.17. The second kappa shape index (κ2) is 5.82. The zero-order chi connectivity index (χ0) is 14.8. The van der Waals surface area contributed by atoms with E-state index in [-0.39, 0.29) is 0 Å². The Kier molecular flexibility index (Phi) is 3.68. The van der Waals surface area contributed by atoms with Gasteiger partial charge in [0.15, 0.2) is 0 Å². The summed E-state index contributed by atoms with van der Waals surface area (Å²) >= 11 is 0. The maximum atomic E-state index is 6.08. The van der Waals surface area contributed by atoms with Crippen molar-refractivity contribution in [2.24, 2.45) is 5.41 Å². The van der Waals surface area contributed by atoms with E-state index in [9.17, 15) is 0 Å². The fourth-order valence-electron chi connectivity index (χ4n) is 3.88. The Morgan fingerprint density at radius 3 is 2.59 bits per heavy atom. The molecule has 1 spiro atoms.